The van der Waals surface area contributed by atoms with Crippen molar-refractivity contribution >= 4 is 17.5 Å². The van der Waals surface area contributed by atoms with Crippen LogP contribution in [0.4, 0.5) is 14.9 Å². The van der Waals surface area contributed by atoms with Crippen LogP contribution in [0.3, 0.4) is 0 Å². The van der Waals surface area contributed by atoms with E-state index in [1.165, 1.54) is 13.0 Å². The number of Topliss-reactive ketones (excluding diaryl/α,β-unsaturated/α-hetero) is 1. The van der Waals surface area contributed by atoms with Gasteiger partial charge in [0.1, 0.15) is 5.82 Å². The first-order valence-corrected chi connectivity index (χ1v) is 13.8. The van der Waals surface area contributed by atoms with Crippen LogP contribution in [-0.2, 0) is 0 Å². The van der Waals surface area contributed by atoms with Crippen molar-refractivity contribution in [2.75, 3.05) is 5.32 Å². The number of nitrogens with zero attached hydrogens (tertiary/aromatic N) is 3. The third-order valence-corrected chi connectivity index (χ3v) is 9.57. The number of hydrogen-bond acceptors (Lipinski definition) is 5. The molecule has 4 atom stereocenters. The number of ketones is 1. The Balaban J connectivity index is 1.06. The molecule has 8 rings (SSSR count). The van der Waals surface area contributed by atoms with Crippen molar-refractivity contribution in [3.05, 3.63) is 71.9 Å². The SMILES string of the molecule is CC(=O)c1ccc(NC(=O)NN2C3CC4CC2CC(C(O)CC2c5c(F)cccc5-c5cncn52)(C4)C3)cc1. The lowest BCUT2D eigenvalue weighted by Crippen LogP contribution is -2.68. The quantitative estimate of drug-likeness (QED) is 0.394. The van der Waals surface area contributed by atoms with Gasteiger partial charge in [0.25, 0.3) is 0 Å². The smallest absolute Gasteiger partial charge is 0.333 e. The number of carbonyl (C=O) groups excluding carboxylic acids is 2. The number of anilines is 1. The van der Waals surface area contributed by atoms with E-state index < -0.39 is 6.10 Å². The van der Waals surface area contributed by atoms with Gasteiger partial charge in [-0.3, -0.25) is 10.2 Å². The zero-order chi connectivity index (χ0) is 26.9. The molecule has 4 unspecified atom stereocenters. The maximum atomic E-state index is 15.0. The molecular formula is C30H32FN5O3. The average Bonchev–Trinajstić information content (AvgIpc) is 3.49. The van der Waals surface area contributed by atoms with Crippen LogP contribution in [0.15, 0.2) is 55.0 Å². The molecular weight excluding hydrogens is 497 g/mol. The summed E-state index contributed by atoms with van der Waals surface area (Å²) in [4.78, 5) is 28.7. The fourth-order valence-electron chi connectivity index (χ4n) is 8.03. The number of aliphatic hydroxyl groups is 1. The standard InChI is InChI=1S/C30H32FN5O3/c1-17(37)19-5-7-20(8-6-19)33-29(39)34-36-21-9-18-10-22(36)14-30(12-18,13-21)27(38)11-25-28-23(3-2-4-24(28)31)26-15-32-16-35(25)26/h2-8,15-16,18,21-22,25,27,38H,9-14H2,1H3,(H2,33,34,39). The van der Waals surface area contributed by atoms with Crippen molar-refractivity contribution in [1.29, 1.82) is 0 Å². The van der Waals surface area contributed by atoms with Crippen molar-refractivity contribution < 1.29 is 19.1 Å². The topological polar surface area (TPSA) is 99.5 Å². The Morgan fingerprint density at radius 1 is 1.13 bits per heavy atom. The minimum Gasteiger partial charge on any atom is -0.392 e. The lowest BCUT2D eigenvalue weighted by molar-refractivity contribution is -0.166. The van der Waals surface area contributed by atoms with E-state index in [1.54, 1.807) is 42.9 Å². The second-order valence-corrected chi connectivity index (χ2v) is 11.9. The first kappa shape index (κ1) is 24.5. The van der Waals surface area contributed by atoms with Crippen LogP contribution in [0.2, 0.25) is 0 Å². The molecule has 2 aromatic carbocycles. The number of rotatable bonds is 6. The Hall–Kier alpha value is -3.56. The molecule has 3 aromatic rings. The number of amides is 2. The molecule has 3 aliphatic heterocycles. The lowest BCUT2D eigenvalue weighted by Gasteiger charge is -2.62. The Labute approximate surface area is 226 Å². The highest BCUT2D eigenvalue weighted by Gasteiger charge is 2.58. The summed E-state index contributed by atoms with van der Waals surface area (Å²) in [5.74, 6) is 0.250. The van der Waals surface area contributed by atoms with E-state index in [4.69, 9.17) is 0 Å². The van der Waals surface area contributed by atoms with Crippen molar-refractivity contribution in [2.45, 2.75) is 69.7 Å². The molecule has 2 amide bonds. The van der Waals surface area contributed by atoms with Crippen LogP contribution in [-0.4, -0.2) is 49.7 Å². The summed E-state index contributed by atoms with van der Waals surface area (Å²) in [6.07, 6.45) is 7.89. The number of hydrogen-bond donors (Lipinski definition) is 3. The average molecular weight is 530 g/mol. The van der Waals surface area contributed by atoms with Gasteiger partial charge in [0.15, 0.2) is 5.78 Å². The molecule has 2 saturated heterocycles. The number of benzene rings is 2. The number of hydrazine groups is 1. The van der Waals surface area contributed by atoms with Crippen LogP contribution in [0, 0.1) is 17.2 Å². The van der Waals surface area contributed by atoms with E-state index in [-0.39, 0.29) is 41.2 Å². The molecule has 9 heteroatoms. The Bertz CT molecular complexity index is 1440. The van der Waals surface area contributed by atoms with Gasteiger partial charge < -0.3 is 15.0 Å². The second-order valence-electron chi connectivity index (χ2n) is 11.9. The van der Waals surface area contributed by atoms with E-state index in [1.807, 2.05) is 10.6 Å². The second kappa shape index (κ2) is 8.99. The number of halogens is 1. The molecule has 3 N–H and O–H groups in total. The zero-order valence-electron chi connectivity index (χ0n) is 21.8. The van der Waals surface area contributed by atoms with Crippen LogP contribution >= 0.6 is 0 Å². The van der Waals surface area contributed by atoms with E-state index in [0.717, 1.165) is 43.4 Å². The lowest BCUT2D eigenvalue weighted by atomic mass is 9.53. The number of carbonyl (C=O) groups is 2. The van der Waals surface area contributed by atoms with Crippen LogP contribution < -0.4 is 10.7 Å². The minimum absolute atomic E-state index is 0.0189. The molecule has 2 aliphatic carbocycles. The third kappa shape index (κ3) is 3.98. The maximum Gasteiger partial charge on any atom is 0.333 e. The number of fused-ring (bicyclic) bond motifs is 3. The Morgan fingerprint density at radius 3 is 2.59 bits per heavy atom. The van der Waals surface area contributed by atoms with E-state index in [9.17, 15) is 19.1 Å². The molecule has 4 bridgehead atoms. The van der Waals surface area contributed by atoms with E-state index in [0.29, 0.717) is 29.2 Å². The highest BCUT2D eigenvalue weighted by molar-refractivity contribution is 5.95. The predicted molar refractivity (Wildman–Crippen MR) is 143 cm³/mol. The summed E-state index contributed by atoms with van der Waals surface area (Å²) in [5, 5.41) is 16.7. The Morgan fingerprint density at radius 2 is 1.87 bits per heavy atom. The van der Waals surface area contributed by atoms with E-state index >= 15 is 0 Å². The largest absolute Gasteiger partial charge is 0.392 e. The zero-order valence-corrected chi connectivity index (χ0v) is 21.8. The summed E-state index contributed by atoms with van der Waals surface area (Å²) in [5.41, 5.74) is 6.45. The van der Waals surface area contributed by atoms with Gasteiger partial charge in [-0.15, -0.1) is 0 Å². The molecule has 4 heterocycles. The van der Waals surface area contributed by atoms with E-state index in [2.05, 4.69) is 20.7 Å². The number of nitrogens with one attached hydrogen (secondary N) is 2. The van der Waals surface area contributed by atoms with Gasteiger partial charge in [-0.05, 0) is 87.1 Å². The normalized spacial score (nSPS) is 29.1. The number of imidazole rings is 1. The minimum atomic E-state index is -0.591. The summed E-state index contributed by atoms with van der Waals surface area (Å²) in [7, 11) is 0. The highest BCUT2D eigenvalue weighted by Crippen LogP contribution is 2.58. The number of urea groups is 1. The summed E-state index contributed by atoms with van der Waals surface area (Å²) in [6.45, 7) is 1.51. The molecule has 39 heavy (non-hydrogen) atoms. The van der Waals surface area contributed by atoms with Crippen LogP contribution in [0.1, 0.15) is 67.4 Å². The van der Waals surface area contributed by atoms with Gasteiger partial charge in [0.05, 0.1) is 30.4 Å². The first-order valence-electron chi connectivity index (χ1n) is 13.8. The van der Waals surface area contributed by atoms with Crippen molar-refractivity contribution in [1.82, 2.24) is 20.0 Å². The van der Waals surface area contributed by atoms with Gasteiger partial charge in [0, 0.05) is 34.5 Å². The molecule has 2 saturated carbocycles. The molecule has 4 fully saturated rings. The predicted octanol–water partition coefficient (Wildman–Crippen LogP) is 4.92. The molecule has 8 nitrogen and oxygen atoms in total. The Kier molecular flexibility index (Phi) is 5.64. The highest BCUT2D eigenvalue weighted by atomic mass is 19.1. The van der Waals surface area contributed by atoms with Crippen molar-refractivity contribution in [3.8, 4) is 11.3 Å². The third-order valence-electron chi connectivity index (χ3n) is 9.57. The molecule has 1 aromatic heterocycles. The molecule has 0 spiro atoms. The van der Waals surface area contributed by atoms with Gasteiger partial charge >= 0.3 is 6.03 Å². The van der Waals surface area contributed by atoms with Gasteiger partial charge in [-0.25, -0.2) is 19.2 Å². The fraction of sp³-hybridized carbons (Fsp3) is 0.433. The number of aliphatic hydroxyl groups excluding tert-OH is 1. The fourth-order valence-corrected chi connectivity index (χ4v) is 8.03. The van der Waals surface area contributed by atoms with Crippen molar-refractivity contribution in [3.63, 3.8) is 0 Å². The van der Waals surface area contributed by atoms with Gasteiger partial charge in [-0.1, -0.05) is 12.1 Å². The van der Waals surface area contributed by atoms with Crippen LogP contribution in [0.5, 0.6) is 0 Å². The first-order chi connectivity index (χ1) is 18.8. The molecule has 0 radical (unpaired) electrons. The monoisotopic (exact) mass is 529 g/mol. The number of aromatic nitrogens is 2. The van der Waals surface area contributed by atoms with Crippen LogP contribution in [0.25, 0.3) is 11.3 Å². The van der Waals surface area contributed by atoms with Crippen molar-refractivity contribution in [2.24, 2.45) is 11.3 Å². The van der Waals surface area contributed by atoms with Gasteiger partial charge in [-0.2, -0.15) is 0 Å². The van der Waals surface area contributed by atoms with Gasteiger partial charge in [0.2, 0.25) is 0 Å². The summed E-state index contributed by atoms with van der Waals surface area (Å²) >= 11 is 0. The summed E-state index contributed by atoms with van der Waals surface area (Å²) < 4.78 is 17.0. The summed E-state index contributed by atoms with van der Waals surface area (Å²) in [6, 6.07) is 11.7. The number of piperidine rings is 2. The molecule has 202 valence electrons. The molecule has 5 aliphatic rings. The maximum absolute atomic E-state index is 15.0.